The molecule has 1 rings (SSSR count). The van der Waals surface area contributed by atoms with E-state index in [-0.39, 0.29) is 10.8 Å². The number of hydrogen-bond acceptors (Lipinski definition) is 5. The zero-order valence-corrected chi connectivity index (χ0v) is 9.01. The molecule has 0 aliphatic carbocycles. The Morgan fingerprint density at radius 2 is 2.13 bits per heavy atom. The van der Waals surface area contributed by atoms with Crippen LogP contribution in [0.4, 0.5) is 5.69 Å². The number of rotatable bonds is 3. The van der Waals surface area contributed by atoms with Crippen molar-refractivity contribution in [3.05, 3.63) is 30.3 Å². The molecule has 0 fully saturated rings. The molecule has 5 heteroatoms. The van der Waals surface area contributed by atoms with Crippen LogP contribution >= 0.6 is 11.8 Å². The molecule has 0 saturated heterocycles. The lowest BCUT2D eigenvalue weighted by Crippen LogP contribution is -2.08. The van der Waals surface area contributed by atoms with Gasteiger partial charge in [-0.2, -0.15) is 10.4 Å². The monoisotopic (exact) mass is 218 g/mol. The number of hydrazone groups is 1. The second-order valence-corrected chi connectivity index (χ2v) is 3.40. The molecule has 0 heterocycles. The van der Waals surface area contributed by atoms with E-state index < -0.39 is 0 Å². The van der Waals surface area contributed by atoms with Gasteiger partial charge in [-0.3, -0.25) is 10.8 Å². The van der Waals surface area contributed by atoms with Crippen LogP contribution in [0.25, 0.3) is 0 Å². The number of thioether (sulfide) groups is 1. The van der Waals surface area contributed by atoms with Crippen LogP contribution in [0, 0.1) is 16.7 Å². The third-order valence-electron chi connectivity index (χ3n) is 1.60. The number of benzene rings is 1. The van der Waals surface area contributed by atoms with Gasteiger partial charge < -0.3 is 0 Å². The van der Waals surface area contributed by atoms with Crippen molar-refractivity contribution < 1.29 is 0 Å². The highest BCUT2D eigenvalue weighted by Gasteiger charge is 2.03. The lowest BCUT2D eigenvalue weighted by Gasteiger charge is -2.00. The second kappa shape index (κ2) is 5.83. The van der Waals surface area contributed by atoms with Crippen molar-refractivity contribution in [3.63, 3.8) is 0 Å². The summed E-state index contributed by atoms with van der Waals surface area (Å²) in [7, 11) is 0. The van der Waals surface area contributed by atoms with Crippen LogP contribution < -0.4 is 5.43 Å². The topological polar surface area (TPSA) is 72.0 Å². The number of para-hydroxylation sites is 1. The minimum Gasteiger partial charge on any atom is -0.291 e. The molecule has 2 N–H and O–H groups in total. The largest absolute Gasteiger partial charge is 0.291 e. The minimum absolute atomic E-state index is 0.0892. The van der Waals surface area contributed by atoms with Gasteiger partial charge in [0.25, 0.3) is 0 Å². The van der Waals surface area contributed by atoms with Gasteiger partial charge in [-0.25, -0.2) is 0 Å². The summed E-state index contributed by atoms with van der Waals surface area (Å²) in [6, 6.07) is 11.2. The average molecular weight is 218 g/mol. The first-order valence-corrected chi connectivity index (χ1v) is 5.42. The lowest BCUT2D eigenvalue weighted by atomic mass is 10.3. The van der Waals surface area contributed by atoms with E-state index >= 15 is 0 Å². The molecule has 0 aliphatic rings. The minimum atomic E-state index is 0.0892. The number of nitrogens with zero attached hydrogens (tertiary/aromatic N) is 2. The molecule has 0 saturated carbocycles. The van der Waals surface area contributed by atoms with Crippen molar-refractivity contribution >= 4 is 28.2 Å². The Morgan fingerprint density at radius 3 is 2.67 bits per heavy atom. The molecular formula is C10H10N4S. The van der Waals surface area contributed by atoms with Gasteiger partial charge in [0, 0.05) is 0 Å². The average Bonchev–Trinajstić information content (AvgIpc) is 2.31. The summed E-state index contributed by atoms with van der Waals surface area (Å²) in [5.74, 6) is 0. The SMILES string of the molecule is CSC(=N)/C(C#N)=N/Nc1ccccc1. The normalized spacial score (nSPS) is 10.5. The Morgan fingerprint density at radius 1 is 1.47 bits per heavy atom. The van der Waals surface area contributed by atoms with Crippen molar-refractivity contribution in [2.75, 3.05) is 11.7 Å². The Hall–Kier alpha value is -1.80. The first-order valence-electron chi connectivity index (χ1n) is 4.19. The van der Waals surface area contributed by atoms with E-state index in [0.717, 1.165) is 5.69 Å². The summed E-state index contributed by atoms with van der Waals surface area (Å²) in [6.07, 6.45) is 1.73. The van der Waals surface area contributed by atoms with Gasteiger partial charge in [0.15, 0.2) is 5.71 Å². The maximum absolute atomic E-state index is 8.73. The number of nitrogens with one attached hydrogen (secondary N) is 2. The van der Waals surface area contributed by atoms with Gasteiger partial charge in [0.2, 0.25) is 0 Å². The van der Waals surface area contributed by atoms with Crippen LogP contribution in [0.15, 0.2) is 35.4 Å². The number of hydrogen-bond donors (Lipinski definition) is 2. The van der Waals surface area contributed by atoms with E-state index in [9.17, 15) is 0 Å². The van der Waals surface area contributed by atoms with Crippen molar-refractivity contribution in [3.8, 4) is 6.07 Å². The van der Waals surface area contributed by atoms with Gasteiger partial charge >= 0.3 is 0 Å². The van der Waals surface area contributed by atoms with E-state index in [1.165, 1.54) is 11.8 Å². The molecule has 1 aromatic rings. The molecule has 0 amide bonds. The zero-order valence-electron chi connectivity index (χ0n) is 8.19. The summed E-state index contributed by atoms with van der Waals surface area (Å²) in [5.41, 5.74) is 3.60. The van der Waals surface area contributed by atoms with E-state index in [4.69, 9.17) is 10.7 Å². The van der Waals surface area contributed by atoms with E-state index in [2.05, 4.69) is 10.5 Å². The van der Waals surface area contributed by atoms with Crippen LogP contribution in [0.3, 0.4) is 0 Å². The predicted octanol–water partition coefficient (Wildman–Crippen LogP) is 2.32. The molecule has 15 heavy (non-hydrogen) atoms. The molecule has 0 atom stereocenters. The fraction of sp³-hybridized carbons (Fsp3) is 0.100. The molecule has 76 valence electrons. The van der Waals surface area contributed by atoms with Crippen LogP contribution in [-0.2, 0) is 0 Å². The van der Waals surface area contributed by atoms with Crippen molar-refractivity contribution in [2.24, 2.45) is 5.10 Å². The fourth-order valence-electron chi connectivity index (χ4n) is 0.856. The predicted molar refractivity (Wildman–Crippen MR) is 64.4 cm³/mol. The van der Waals surface area contributed by atoms with Gasteiger partial charge in [-0.15, -0.1) is 11.8 Å². The molecule has 0 unspecified atom stereocenters. The van der Waals surface area contributed by atoms with Crippen LogP contribution in [0.5, 0.6) is 0 Å². The smallest absolute Gasteiger partial charge is 0.192 e. The zero-order chi connectivity index (χ0) is 11.1. The highest BCUT2D eigenvalue weighted by molar-refractivity contribution is 8.15. The highest BCUT2D eigenvalue weighted by atomic mass is 32.2. The number of anilines is 1. The van der Waals surface area contributed by atoms with Crippen molar-refractivity contribution in [1.29, 1.82) is 10.7 Å². The maximum atomic E-state index is 8.73. The Balaban J connectivity index is 2.72. The van der Waals surface area contributed by atoms with E-state index in [1.807, 2.05) is 36.4 Å². The Labute approximate surface area is 92.5 Å². The Kier molecular flexibility index (Phi) is 4.38. The second-order valence-electron chi connectivity index (χ2n) is 2.58. The molecule has 1 aromatic carbocycles. The lowest BCUT2D eigenvalue weighted by molar-refractivity contribution is 1.34. The summed E-state index contributed by atoms with van der Waals surface area (Å²) in [5, 5.41) is 20.2. The highest BCUT2D eigenvalue weighted by Crippen LogP contribution is 2.05. The van der Waals surface area contributed by atoms with Gasteiger partial charge in [-0.05, 0) is 18.4 Å². The van der Waals surface area contributed by atoms with Gasteiger partial charge in [0.1, 0.15) is 11.1 Å². The van der Waals surface area contributed by atoms with Gasteiger partial charge in [0.05, 0.1) is 5.69 Å². The van der Waals surface area contributed by atoms with E-state index in [1.54, 1.807) is 6.26 Å². The molecule has 0 radical (unpaired) electrons. The first-order chi connectivity index (χ1) is 7.27. The van der Waals surface area contributed by atoms with Crippen molar-refractivity contribution in [1.82, 2.24) is 0 Å². The molecule has 4 nitrogen and oxygen atoms in total. The fourth-order valence-corrected chi connectivity index (χ4v) is 1.14. The standard InChI is InChI=1S/C10H10N4S/c1-15-10(12)9(7-11)14-13-8-5-3-2-4-6-8/h2-6,12-13H,1H3/b12-10?,14-9+. The van der Waals surface area contributed by atoms with Crippen LogP contribution in [-0.4, -0.2) is 17.0 Å². The number of nitriles is 1. The molecular weight excluding hydrogens is 208 g/mol. The summed E-state index contributed by atoms with van der Waals surface area (Å²) in [4.78, 5) is 0. The molecule has 0 bridgehead atoms. The summed E-state index contributed by atoms with van der Waals surface area (Å²) in [6.45, 7) is 0. The van der Waals surface area contributed by atoms with Crippen LogP contribution in [0.1, 0.15) is 0 Å². The Bertz CT molecular complexity index is 405. The van der Waals surface area contributed by atoms with Gasteiger partial charge in [-0.1, -0.05) is 18.2 Å². The third-order valence-corrected chi connectivity index (χ3v) is 2.20. The summed E-state index contributed by atoms with van der Waals surface area (Å²) >= 11 is 1.18. The molecule has 0 spiro atoms. The summed E-state index contributed by atoms with van der Waals surface area (Å²) < 4.78 is 0. The van der Waals surface area contributed by atoms with E-state index in [0.29, 0.717) is 0 Å². The van der Waals surface area contributed by atoms with Crippen LogP contribution in [0.2, 0.25) is 0 Å². The molecule has 0 aliphatic heterocycles. The quantitative estimate of drug-likeness (QED) is 0.464. The third kappa shape index (κ3) is 3.44. The van der Waals surface area contributed by atoms with Crippen molar-refractivity contribution in [2.45, 2.75) is 0 Å². The molecule has 0 aromatic heterocycles. The maximum Gasteiger partial charge on any atom is 0.192 e. The first kappa shape index (κ1) is 11.3.